The second-order valence-corrected chi connectivity index (χ2v) is 8.24. The number of pyridine rings is 1. The molecule has 1 aromatic carbocycles. The molecule has 198 valence electrons. The number of hydrogen-bond acceptors (Lipinski definition) is 10. The summed E-state index contributed by atoms with van der Waals surface area (Å²) in [4.78, 5) is 30.5. The fourth-order valence-electron chi connectivity index (χ4n) is 3.57. The van der Waals surface area contributed by atoms with Crippen LogP contribution >= 0.6 is 0 Å². The maximum Gasteiger partial charge on any atom is 0.336 e. The second kappa shape index (κ2) is 12.8. The number of ether oxygens (including phenoxy) is 2. The summed E-state index contributed by atoms with van der Waals surface area (Å²) in [6.45, 7) is 3.39. The lowest BCUT2D eigenvalue weighted by molar-refractivity contribution is -0.170. The third-order valence-electron chi connectivity index (χ3n) is 5.34. The molecule has 3 heterocycles. The molecule has 14 heteroatoms. The number of nitrogens with zero attached hydrogens (tertiary/aromatic N) is 4. The summed E-state index contributed by atoms with van der Waals surface area (Å²) in [5.74, 6) is -5.02. The van der Waals surface area contributed by atoms with Crippen LogP contribution in [-0.2, 0) is 30.4 Å². The maximum atomic E-state index is 10.3. The minimum absolute atomic E-state index is 0.100. The summed E-state index contributed by atoms with van der Waals surface area (Å²) in [5, 5.41) is 49.2. The van der Waals surface area contributed by atoms with Crippen LogP contribution in [0.3, 0.4) is 0 Å². The lowest BCUT2D eigenvalue weighted by atomic mass is 9.96. The standard InChI is InChI=1S/C17H19N5O2.C6H8O7/c1-2-4-13(5-3-1)15-8-14(17-19-20-21-22(17)11-15)9-18-10-16-12-23-6-7-24-16;7-3(8)1-6(13,5(11)12)2-4(9)10/h1-5,8,11,16,18H,6-7,9-10,12H2;13H,1-2H2,(H,7,8)(H,9,10)(H,11,12). The third kappa shape index (κ3) is 8.01. The van der Waals surface area contributed by atoms with E-state index < -0.39 is 36.4 Å². The molecule has 1 saturated heterocycles. The van der Waals surface area contributed by atoms with Gasteiger partial charge in [0, 0.05) is 30.4 Å². The average molecular weight is 517 g/mol. The Hall–Kier alpha value is -3.98. The number of hydrogen-bond donors (Lipinski definition) is 5. The first-order chi connectivity index (χ1) is 17.7. The van der Waals surface area contributed by atoms with E-state index >= 15 is 0 Å². The van der Waals surface area contributed by atoms with Gasteiger partial charge in [-0.25, -0.2) is 4.79 Å². The minimum atomic E-state index is -2.74. The van der Waals surface area contributed by atoms with Crippen molar-refractivity contribution in [1.82, 2.24) is 25.4 Å². The molecule has 3 aromatic rings. The van der Waals surface area contributed by atoms with Crippen molar-refractivity contribution >= 4 is 23.6 Å². The van der Waals surface area contributed by atoms with Crippen molar-refractivity contribution in [1.29, 1.82) is 0 Å². The Labute approximate surface area is 210 Å². The Morgan fingerprint density at radius 1 is 1.05 bits per heavy atom. The summed E-state index contributed by atoms with van der Waals surface area (Å²) in [6, 6.07) is 12.3. The van der Waals surface area contributed by atoms with E-state index in [4.69, 9.17) is 29.9 Å². The zero-order valence-electron chi connectivity index (χ0n) is 19.7. The third-order valence-corrected chi connectivity index (χ3v) is 5.34. The van der Waals surface area contributed by atoms with E-state index in [0.29, 0.717) is 26.4 Å². The van der Waals surface area contributed by atoms with Crippen LogP contribution in [0.25, 0.3) is 16.8 Å². The highest BCUT2D eigenvalue weighted by Gasteiger charge is 2.40. The average Bonchev–Trinajstić information content (AvgIpc) is 3.34. The van der Waals surface area contributed by atoms with Crippen LogP contribution in [0.15, 0.2) is 42.6 Å². The summed E-state index contributed by atoms with van der Waals surface area (Å²) >= 11 is 0. The molecule has 1 aliphatic rings. The lowest BCUT2D eigenvalue weighted by Crippen LogP contribution is -2.42. The van der Waals surface area contributed by atoms with E-state index in [-0.39, 0.29) is 6.10 Å². The van der Waals surface area contributed by atoms with E-state index in [1.807, 2.05) is 24.4 Å². The Kier molecular flexibility index (Phi) is 9.57. The summed E-state index contributed by atoms with van der Waals surface area (Å²) in [6.07, 6.45) is -0.238. The van der Waals surface area contributed by atoms with Crippen molar-refractivity contribution < 1.29 is 44.3 Å². The number of carbonyl (C=O) groups is 3. The van der Waals surface area contributed by atoms with Crippen LogP contribution in [0.1, 0.15) is 18.4 Å². The molecular weight excluding hydrogens is 490 g/mol. The molecule has 0 bridgehead atoms. The number of benzene rings is 1. The van der Waals surface area contributed by atoms with Gasteiger partial charge < -0.3 is 35.2 Å². The van der Waals surface area contributed by atoms with Gasteiger partial charge in [0.2, 0.25) is 0 Å². The first-order valence-corrected chi connectivity index (χ1v) is 11.2. The summed E-state index contributed by atoms with van der Waals surface area (Å²) in [7, 11) is 0. The van der Waals surface area contributed by atoms with Crippen LogP contribution < -0.4 is 5.32 Å². The smallest absolute Gasteiger partial charge is 0.336 e. The Bertz CT molecular complexity index is 1200. The second-order valence-electron chi connectivity index (χ2n) is 8.24. The monoisotopic (exact) mass is 517 g/mol. The van der Waals surface area contributed by atoms with Crippen molar-refractivity contribution in [2.24, 2.45) is 0 Å². The topological polar surface area (TPSA) is 206 Å². The number of rotatable bonds is 10. The van der Waals surface area contributed by atoms with Gasteiger partial charge >= 0.3 is 17.9 Å². The summed E-state index contributed by atoms with van der Waals surface area (Å²) in [5.41, 5.74) is 1.31. The highest BCUT2D eigenvalue weighted by atomic mass is 16.6. The van der Waals surface area contributed by atoms with Gasteiger partial charge in [-0.1, -0.05) is 30.3 Å². The molecule has 5 N–H and O–H groups in total. The first kappa shape index (κ1) is 27.6. The number of nitrogens with one attached hydrogen (secondary N) is 1. The maximum absolute atomic E-state index is 10.3. The molecule has 1 unspecified atom stereocenters. The lowest BCUT2D eigenvalue weighted by Gasteiger charge is -2.23. The van der Waals surface area contributed by atoms with E-state index in [9.17, 15) is 14.4 Å². The highest BCUT2D eigenvalue weighted by molar-refractivity contribution is 5.88. The Morgan fingerprint density at radius 3 is 2.35 bits per heavy atom. The van der Waals surface area contributed by atoms with Crippen LogP contribution in [0.4, 0.5) is 0 Å². The molecule has 1 atom stereocenters. The molecule has 14 nitrogen and oxygen atoms in total. The van der Waals surface area contributed by atoms with E-state index in [1.165, 1.54) is 0 Å². The molecule has 37 heavy (non-hydrogen) atoms. The Morgan fingerprint density at radius 2 is 1.76 bits per heavy atom. The number of carboxylic acids is 3. The molecule has 1 fully saturated rings. The van der Waals surface area contributed by atoms with Crippen molar-refractivity contribution in [3.05, 3.63) is 48.2 Å². The quantitative estimate of drug-likeness (QED) is 0.241. The Balaban J connectivity index is 0.000000251. The number of aromatic nitrogens is 4. The molecular formula is C23H27N5O9. The van der Waals surface area contributed by atoms with Crippen molar-refractivity contribution in [3.8, 4) is 11.1 Å². The van der Waals surface area contributed by atoms with Gasteiger partial charge in [0.05, 0.1) is 38.8 Å². The van der Waals surface area contributed by atoms with Gasteiger partial charge in [-0.05, 0) is 22.1 Å². The van der Waals surface area contributed by atoms with Crippen molar-refractivity contribution in [3.63, 3.8) is 0 Å². The molecule has 2 aromatic heterocycles. The van der Waals surface area contributed by atoms with Gasteiger partial charge in [-0.15, -0.1) is 5.10 Å². The van der Waals surface area contributed by atoms with Gasteiger partial charge in [-0.2, -0.15) is 4.52 Å². The minimum Gasteiger partial charge on any atom is -0.481 e. The van der Waals surface area contributed by atoms with E-state index in [1.54, 1.807) is 4.52 Å². The van der Waals surface area contributed by atoms with Crippen LogP contribution in [0, 0.1) is 0 Å². The van der Waals surface area contributed by atoms with Gasteiger partial charge in [0.15, 0.2) is 11.2 Å². The van der Waals surface area contributed by atoms with Crippen molar-refractivity contribution in [2.75, 3.05) is 26.4 Å². The number of aliphatic hydroxyl groups is 1. The molecule has 0 aliphatic carbocycles. The molecule has 0 spiro atoms. The van der Waals surface area contributed by atoms with E-state index in [0.717, 1.165) is 28.9 Å². The number of tetrazole rings is 1. The first-order valence-electron chi connectivity index (χ1n) is 11.2. The number of fused-ring (bicyclic) bond motifs is 1. The van der Waals surface area contributed by atoms with E-state index in [2.05, 4.69) is 39.0 Å². The normalized spacial score (nSPS) is 15.5. The molecule has 1 aliphatic heterocycles. The van der Waals surface area contributed by atoms with Gasteiger partial charge in [-0.3, -0.25) is 9.59 Å². The molecule has 0 radical (unpaired) electrons. The fraction of sp³-hybridized carbons (Fsp3) is 0.391. The zero-order valence-corrected chi connectivity index (χ0v) is 19.7. The molecule has 0 amide bonds. The fourth-order valence-corrected chi connectivity index (χ4v) is 3.57. The molecule has 4 rings (SSSR count). The predicted octanol–water partition coefficient (Wildman–Crippen LogP) is 0.0478. The zero-order chi connectivity index (χ0) is 26.8. The van der Waals surface area contributed by atoms with Crippen LogP contribution in [0.2, 0.25) is 0 Å². The van der Waals surface area contributed by atoms with Crippen LogP contribution in [0.5, 0.6) is 0 Å². The SMILES string of the molecule is O=C(O)CC(O)(CC(=O)O)C(=O)O.c1ccc(-c2cc(CNCC3COCCO3)c3nnnn3c2)cc1. The van der Waals surface area contributed by atoms with Gasteiger partial charge in [0.1, 0.15) is 0 Å². The molecule has 0 saturated carbocycles. The number of carboxylic acid groups (broad SMARTS) is 3. The predicted molar refractivity (Wildman–Crippen MR) is 126 cm³/mol. The van der Waals surface area contributed by atoms with Gasteiger partial charge in [0.25, 0.3) is 0 Å². The largest absolute Gasteiger partial charge is 0.481 e. The highest BCUT2D eigenvalue weighted by Crippen LogP contribution is 2.22. The number of aliphatic carboxylic acids is 3. The summed E-state index contributed by atoms with van der Waals surface area (Å²) < 4.78 is 12.8. The van der Waals surface area contributed by atoms with Crippen molar-refractivity contribution in [2.45, 2.75) is 31.1 Å². The van der Waals surface area contributed by atoms with Crippen LogP contribution in [-0.4, -0.2) is 96.4 Å².